The highest BCUT2D eigenvalue weighted by atomic mass is 14.9. The van der Waals surface area contributed by atoms with Gasteiger partial charge in [-0.3, -0.25) is 0 Å². The molecule has 2 heteroatoms. The van der Waals surface area contributed by atoms with Crippen LogP contribution in [-0.2, 0) is 0 Å². The molecule has 0 aromatic carbocycles. The van der Waals surface area contributed by atoms with Crippen LogP contribution in [0.4, 0.5) is 0 Å². The maximum atomic E-state index is 5.64. The molecule has 0 unspecified atom stereocenters. The fraction of sp³-hybridized carbons (Fsp3) is 1.00. The highest BCUT2D eigenvalue weighted by Crippen LogP contribution is 2.28. The van der Waals surface area contributed by atoms with Gasteiger partial charge in [0.1, 0.15) is 0 Å². The van der Waals surface area contributed by atoms with Gasteiger partial charge in [-0.15, -0.1) is 0 Å². The van der Waals surface area contributed by atoms with Crippen LogP contribution in [0.5, 0.6) is 0 Å². The monoisotopic (exact) mass is 256 g/mol. The summed E-state index contributed by atoms with van der Waals surface area (Å²) in [6.07, 6.45) is 4.81. The van der Waals surface area contributed by atoms with Crippen LogP contribution < -0.4 is 11.1 Å². The lowest BCUT2D eigenvalue weighted by atomic mass is 9.81. The molecule has 18 heavy (non-hydrogen) atoms. The topological polar surface area (TPSA) is 38.0 Å². The van der Waals surface area contributed by atoms with Gasteiger partial charge < -0.3 is 11.1 Å². The van der Waals surface area contributed by atoms with E-state index in [1.54, 1.807) is 0 Å². The van der Waals surface area contributed by atoms with E-state index in [0.29, 0.717) is 10.8 Å². The van der Waals surface area contributed by atoms with Crippen molar-refractivity contribution >= 4 is 0 Å². The Hall–Kier alpha value is -0.0800. The predicted octanol–water partition coefficient (Wildman–Crippen LogP) is 3.95. The lowest BCUT2D eigenvalue weighted by Gasteiger charge is -2.34. The molecule has 0 aliphatic heterocycles. The lowest BCUT2D eigenvalue weighted by Crippen LogP contribution is -2.43. The Balaban J connectivity index is 3.90. The smallest absolute Gasteiger partial charge is 0.0130 e. The van der Waals surface area contributed by atoms with E-state index in [4.69, 9.17) is 5.73 Å². The number of nitrogens with two attached hydrogens (primary N) is 1. The largest absolute Gasteiger partial charge is 0.330 e. The summed E-state index contributed by atoms with van der Waals surface area (Å²) in [4.78, 5) is 0. The molecule has 0 aliphatic carbocycles. The Morgan fingerprint density at radius 1 is 0.889 bits per heavy atom. The van der Waals surface area contributed by atoms with Crippen molar-refractivity contribution in [1.29, 1.82) is 0 Å². The second kappa shape index (κ2) is 6.91. The Bertz CT molecular complexity index is 224. The maximum Gasteiger partial charge on any atom is 0.0130 e. The van der Waals surface area contributed by atoms with Gasteiger partial charge in [0.2, 0.25) is 0 Å². The fourth-order valence-electron chi connectivity index (χ4n) is 2.90. The molecule has 0 heterocycles. The molecule has 0 fully saturated rings. The first-order valence-electron chi connectivity index (χ1n) is 7.43. The summed E-state index contributed by atoms with van der Waals surface area (Å²) in [5.41, 5.74) is 6.65. The molecule has 0 saturated carbocycles. The molecule has 0 aliphatic rings. The molecule has 0 spiro atoms. The molecular formula is C16H36N2. The van der Waals surface area contributed by atoms with E-state index in [0.717, 1.165) is 19.5 Å². The quantitative estimate of drug-likeness (QED) is 0.645. The summed E-state index contributed by atoms with van der Waals surface area (Å²) < 4.78 is 0. The van der Waals surface area contributed by atoms with Gasteiger partial charge in [-0.05, 0) is 63.5 Å². The highest BCUT2D eigenvalue weighted by molar-refractivity contribution is 4.83. The highest BCUT2D eigenvalue weighted by Gasteiger charge is 2.24. The summed E-state index contributed by atoms with van der Waals surface area (Å²) >= 11 is 0. The van der Waals surface area contributed by atoms with E-state index in [2.05, 4.69) is 53.8 Å². The van der Waals surface area contributed by atoms with Gasteiger partial charge in [0.25, 0.3) is 0 Å². The van der Waals surface area contributed by atoms with Crippen molar-refractivity contribution in [3.8, 4) is 0 Å². The van der Waals surface area contributed by atoms with E-state index >= 15 is 0 Å². The second-order valence-corrected chi connectivity index (χ2v) is 8.35. The Morgan fingerprint density at radius 3 is 1.89 bits per heavy atom. The number of nitrogens with one attached hydrogen (secondary N) is 1. The number of hydrogen-bond acceptors (Lipinski definition) is 2. The minimum absolute atomic E-state index is 0.232. The van der Waals surface area contributed by atoms with Crippen molar-refractivity contribution in [3.05, 3.63) is 0 Å². The zero-order chi connectivity index (χ0) is 14.4. The van der Waals surface area contributed by atoms with Crippen LogP contribution in [0, 0.1) is 10.8 Å². The van der Waals surface area contributed by atoms with Crippen LogP contribution >= 0.6 is 0 Å². The first-order chi connectivity index (χ1) is 7.97. The van der Waals surface area contributed by atoms with Gasteiger partial charge in [-0.25, -0.2) is 0 Å². The zero-order valence-electron chi connectivity index (χ0n) is 13.8. The summed E-state index contributed by atoms with van der Waals surface area (Å²) in [7, 11) is 0. The molecule has 3 N–H and O–H groups in total. The normalized spacial score (nSPS) is 14.0. The van der Waals surface area contributed by atoms with E-state index in [9.17, 15) is 0 Å². The summed E-state index contributed by atoms with van der Waals surface area (Å²) in [6.45, 7) is 18.1. The third-order valence-electron chi connectivity index (χ3n) is 3.43. The number of hydrogen-bond donors (Lipinski definition) is 2. The van der Waals surface area contributed by atoms with Gasteiger partial charge in [-0.1, -0.05) is 34.6 Å². The van der Waals surface area contributed by atoms with Gasteiger partial charge in [0, 0.05) is 5.54 Å². The Labute approximate surface area is 115 Å². The third kappa shape index (κ3) is 9.90. The van der Waals surface area contributed by atoms with Gasteiger partial charge in [0.15, 0.2) is 0 Å². The maximum absolute atomic E-state index is 5.64. The minimum Gasteiger partial charge on any atom is -0.330 e. The molecule has 110 valence electrons. The Morgan fingerprint density at radius 2 is 1.44 bits per heavy atom. The molecule has 0 atom stereocenters. The first-order valence-corrected chi connectivity index (χ1v) is 7.43. The molecule has 0 radical (unpaired) electrons. The molecular weight excluding hydrogens is 220 g/mol. The van der Waals surface area contributed by atoms with Crippen molar-refractivity contribution in [1.82, 2.24) is 5.32 Å². The third-order valence-corrected chi connectivity index (χ3v) is 3.43. The molecule has 0 aromatic heterocycles. The van der Waals surface area contributed by atoms with Crippen molar-refractivity contribution in [3.63, 3.8) is 0 Å². The first kappa shape index (κ1) is 17.9. The van der Waals surface area contributed by atoms with Crippen molar-refractivity contribution < 1.29 is 0 Å². The minimum atomic E-state index is 0.232. The molecule has 0 bridgehead atoms. The van der Waals surface area contributed by atoms with Gasteiger partial charge >= 0.3 is 0 Å². The van der Waals surface area contributed by atoms with Crippen LogP contribution in [0.3, 0.4) is 0 Å². The predicted molar refractivity (Wildman–Crippen MR) is 82.8 cm³/mol. The van der Waals surface area contributed by atoms with Crippen molar-refractivity contribution in [2.24, 2.45) is 16.6 Å². The molecule has 2 nitrogen and oxygen atoms in total. The lowest BCUT2D eigenvalue weighted by molar-refractivity contribution is 0.233. The van der Waals surface area contributed by atoms with Gasteiger partial charge in [0.05, 0.1) is 0 Å². The molecule has 0 amide bonds. The van der Waals surface area contributed by atoms with Crippen LogP contribution in [-0.4, -0.2) is 18.6 Å². The van der Waals surface area contributed by atoms with E-state index in [1.807, 2.05) is 0 Å². The molecule has 0 saturated heterocycles. The average molecular weight is 256 g/mol. The average Bonchev–Trinajstić information content (AvgIpc) is 2.08. The summed E-state index contributed by atoms with van der Waals surface area (Å²) in [5, 5.41) is 3.70. The SMILES string of the molecule is CC(C)(C)CC(C)(C)NCCCC(C)(C)CCN. The van der Waals surface area contributed by atoms with Crippen molar-refractivity contribution in [2.45, 2.75) is 79.7 Å². The molecule has 0 rings (SSSR count). The van der Waals surface area contributed by atoms with E-state index in [1.165, 1.54) is 19.3 Å². The van der Waals surface area contributed by atoms with Gasteiger partial charge in [-0.2, -0.15) is 0 Å². The van der Waals surface area contributed by atoms with Crippen LogP contribution in [0.2, 0.25) is 0 Å². The van der Waals surface area contributed by atoms with E-state index in [-0.39, 0.29) is 5.54 Å². The van der Waals surface area contributed by atoms with Crippen LogP contribution in [0.15, 0.2) is 0 Å². The Kier molecular flexibility index (Phi) is 6.87. The summed E-state index contributed by atoms with van der Waals surface area (Å²) in [6, 6.07) is 0. The zero-order valence-corrected chi connectivity index (χ0v) is 13.8. The van der Waals surface area contributed by atoms with Crippen molar-refractivity contribution in [2.75, 3.05) is 13.1 Å². The standard InChI is InChI=1S/C16H36N2/c1-14(2,3)13-16(6,7)18-12-8-9-15(4,5)10-11-17/h18H,8-13,17H2,1-7H3. The van der Waals surface area contributed by atoms with Crippen LogP contribution in [0.25, 0.3) is 0 Å². The second-order valence-electron chi connectivity index (χ2n) is 8.35. The van der Waals surface area contributed by atoms with E-state index < -0.39 is 0 Å². The number of rotatable bonds is 8. The fourth-order valence-corrected chi connectivity index (χ4v) is 2.90. The summed E-state index contributed by atoms with van der Waals surface area (Å²) in [5.74, 6) is 0. The molecule has 0 aromatic rings. The van der Waals surface area contributed by atoms with Crippen LogP contribution in [0.1, 0.15) is 74.1 Å².